The van der Waals surface area contributed by atoms with Gasteiger partial charge in [-0.25, -0.2) is 4.79 Å². The average Bonchev–Trinajstić information content (AvgIpc) is 2.14. The Balaban J connectivity index is 3.04. The number of hydrogen-bond donors (Lipinski definition) is 0. The standard InChI is InChI=1S/C10H9IO4/c1-6(12)15-9-4-7(10(13)14-2)3-8(11)5-9/h3-5H,1-2H3. The number of esters is 2. The van der Waals surface area contributed by atoms with Crippen molar-refractivity contribution in [1.29, 1.82) is 0 Å². The van der Waals surface area contributed by atoms with Gasteiger partial charge in [0.2, 0.25) is 0 Å². The van der Waals surface area contributed by atoms with E-state index in [2.05, 4.69) is 4.74 Å². The van der Waals surface area contributed by atoms with Crippen LogP contribution in [0.2, 0.25) is 0 Å². The van der Waals surface area contributed by atoms with Gasteiger partial charge in [0.25, 0.3) is 0 Å². The monoisotopic (exact) mass is 320 g/mol. The minimum atomic E-state index is -0.457. The molecule has 0 amide bonds. The van der Waals surface area contributed by atoms with Crippen molar-refractivity contribution in [3.05, 3.63) is 27.3 Å². The fraction of sp³-hybridized carbons (Fsp3) is 0.200. The molecule has 0 radical (unpaired) electrons. The fourth-order valence-electron chi connectivity index (χ4n) is 1.02. The molecule has 1 rings (SSSR count). The number of benzene rings is 1. The highest BCUT2D eigenvalue weighted by Crippen LogP contribution is 2.19. The second-order valence-electron chi connectivity index (χ2n) is 2.76. The van der Waals surface area contributed by atoms with Crippen LogP contribution in [0.4, 0.5) is 0 Å². The number of rotatable bonds is 2. The van der Waals surface area contributed by atoms with E-state index >= 15 is 0 Å². The van der Waals surface area contributed by atoms with E-state index in [-0.39, 0.29) is 0 Å². The van der Waals surface area contributed by atoms with Gasteiger partial charge in [-0.1, -0.05) is 0 Å². The minimum absolute atomic E-state index is 0.342. The lowest BCUT2D eigenvalue weighted by atomic mass is 10.2. The topological polar surface area (TPSA) is 52.6 Å². The van der Waals surface area contributed by atoms with Crippen molar-refractivity contribution < 1.29 is 19.1 Å². The molecule has 0 aliphatic carbocycles. The van der Waals surface area contributed by atoms with Crippen LogP contribution in [0.3, 0.4) is 0 Å². The Kier molecular flexibility index (Phi) is 4.07. The SMILES string of the molecule is COC(=O)c1cc(I)cc(OC(C)=O)c1. The van der Waals surface area contributed by atoms with Crippen molar-refractivity contribution in [3.8, 4) is 5.75 Å². The third kappa shape index (κ3) is 3.50. The Hall–Kier alpha value is -1.11. The summed E-state index contributed by atoms with van der Waals surface area (Å²) in [6, 6.07) is 4.78. The largest absolute Gasteiger partial charge is 0.465 e. The summed E-state index contributed by atoms with van der Waals surface area (Å²) in [7, 11) is 1.30. The van der Waals surface area contributed by atoms with Gasteiger partial charge >= 0.3 is 11.9 Å². The first-order valence-electron chi connectivity index (χ1n) is 4.10. The predicted octanol–water partition coefficient (Wildman–Crippen LogP) is 2.00. The molecule has 1 aromatic carbocycles. The lowest BCUT2D eigenvalue weighted by Crippen LogP contribution is -2.05. The maximum atomic E-state index is 11.2. The Labute approximate surface area is 101 Å². The van der Waals surface area contributed by atoms with Crippen molar-refractivity contribution >= 4 is 34.5 Å². The smallest absolute Gasteiger partial charge is 0.338 e. The van der Waals surface area contributed by atoms with Crippen LogP contribution in [-0.4, -0.2) is 19.0 Å². The van der Waals surface area contributed by atoms with E-state index < -0.39 is 11.9 Å². The molecule has 5 heteroatoms. The normalized spacial score (nSPS) is 9.53. The van der Waals surface area contributed by atoms with Crippen LogP contribution in [0.5, 0.6) is 5.75 Å². The minimum Gasteiger partial charge on any atom is -0.465 e. The number of hydrogen-bond acceptors (Lipinski definition) is 4. The van der Waals surface area contributed by atoms with E-state index in [1.165, 1.54) is 20.1 Å². The summed E-state index contributed by atoms with van der Waals surface area (Å²) in [5, 5.41) is 0. The molecule has 15 heavy (non-hydrogen) atoms. The average molecular weight is 320 g/mol. The molecule has 0 saturated heterocycles. The Morgan fingerprint density at radius 3 is 2.47 bits per heavy atom. The van der Waals surface area contributed by atoms with E-state index in [1.54, 1.807) is 12.1 Å². The van der Waals surface area contributed by atoms with Gasteiger partial charge in [0, 0.05) is 10.5 Å². The van der Waals surface area contributed by atoms with Crippen molar-refractivity contribution in [3.63, 3.8) is 0 Å². The van der Waals surface area contributed by atoms with Gasteiger partial charge in [-0.05, 0) is 40.8 Å². The Morgan fingerprint density at radius 2 is 1.93 bits per heavy atom. The van der Waals surface area contributed by atoms with Crippen LogP contribution in [0.1, 0.15) is 17.3 Å². The van der Waals surface area contributed by atoms with E-state index in [0.717, 1.165) is 3.57 Å². The van der Waals surface area contributed by atoms with Crippen LogP contribution < -0.4 is 4.74 Å². The van der Waals surface area contributed by atoms with Crippen molar-refractivity contribution in [2.45, 2.75) is 6.92 Å². The number of halogens is 1. The first-order valence-corrected chi connectivity index (χ1v) is 5.18. The van der Waals surface area contributed by atoms with Crippen LogP contribution in [-0.2, 0) is 9.53 Å². The van der Waals surface area contributed by atoms with Gasteiger partial charge in [0.1, 0.15) is 5.75 Å². The summed E-state index contributed by atoms with van der Waals surface area (Å²) in [5.74, 6) is -0.537. The molecular weight excluding hydrogens is 311 g/mol. The summed E-state index contributed by atoms with van der Waals surface area (Å²) in [6.07, 6.45) is 0. The highest BCUT2D eigenvalue weighted by molar-refractivity contribution is 14.1. The first kappa shape index (κ1) is 12.0. The second kappa shape index (κ2) is 5.11. The van der Waals surface area contributed by atoms with E-state index in [4.69, 9.17) is 4.74 Å². The molecule has 0 heterocycles. The molecule has 4 nitrogen and oxygen atoms in total. The maximum Gasteiger partial charge on any atom is 0.338 e. The van der Waals surface area contributed by atoms with E-state index in [9.17, 15) is 9.59 Å². The molecule has 0 unspecified atom stereocenters. The number of ether oxygens (including phenoxy) is 2. The van der Waals surface area contributed by atoms with Gasteiger partial charge < -0.3 is 9.47 Å². The zero-order chi connectivity index (χ0) is 11.4. The molecule has 0 atom stereocenters. The maximum absolute atomic E-state index is 11.2. The van der Waals surface area contributed by atoms with Gasteiger partial charge in [-0.15, -0.1) is 0 Å². The van der Waals surface area contributed by atoms with E-state index in [1.807, 2.05) is 22.6 Å². The second-order valence-corrected chi connectivity index (χ2v) is 4.01. The molecule has 0 bridgehead atoms. The van der Waals surface area contributed by atoms with Gasteiger partial charge in [-0.3, -0.25) is 4.79 Å². The lowest BCUT2D eigenvalue weighted by Gasteiger charge is -2.04. The highest BCUT2D eigenvalue weighted by atomic mass is 127. The number of carbonyl (C=O) groups is 2. The van der Waals surface area contributed by atoms with Crippen molar-refractivity contribution in [2.75, 3.05) is 7.11 Å². The molecule has 1 aromatic rings. The Bertz CT molecular complexity index is 400. The molecule has 0 fully saturated rings. The molecule has 0 spiro atoms. The van der Waals surface area contributed by atoms with E-state index in [0.29, 0.717) is 11.3 Å². The third-order valence-corrected chi connectivity index (χ3v) is 2.18. The Morgan fingerprint density at radius 1 is 1.27 bits per heavy atom. The summed E-state index contributed by atoms with van der Waals surface area (Å²) >= 11 is 2.03. The molecule has 0 N–H and O–H groups in total. The summed E-state index contributed by atoms with van der Waals surface area (Å²) in [5.41, 5.74) is 0.362. The van der Waals surface area contributed by atoms with Crippen LogP contribution in [0.15, 0.2) is 18.2 Å². The highest BCUT2D eigenvalue weighted by Gasteiger charge is 2.09. The summed E-state index contributed by atoms with van der Waals surface area (Å²) in [4.78, 5) is 22.0. The van der Waals surface area contributed by atoms with Gasteiger partial charge in [-0.2, -0.15) is 0 Å². The molecule has 0 aliphatic heterocycles. The van der Waals surface area contributed by atoms with Crippen LogP contribution >= 0.6 is 22.6 Å². The third-order valence-electron chi connectivity index (χ3n) is 1.55. The molecular formula is C10H9IO4. The molecule has 0 aromatic heterocycles. The number of methoxy groups -OCH3 is 1. The zero-order valence-corrected chi connectivity index (χ0v) is 10.4. The van der Waals surface area contributed by atoms with Crippen LogP contribution in [0.25, 0.3) is 0 Å². The summed E-state index contributed by atoms with van der Waals surface area (Å²) < 4.78 is 10.2. The number of carbonyl (C=O) groups excluding carboxylic acids is 2. The molecule has 80 valence electrons. The zero-order valence-electron chi connectivity index (χ0n) is 8.24. The van der Waals surface area contributed by atoms with Gasteiger partial charge in [0.15, 0.2) is 0 Å². The van der Waals surface area contributed by atoms with Crippen molar-refractivity contribution in [2.24, 2.45) is 0 Å². The lowest BCUT2D eigenvalue weighted by molar-refractivity contribution is -0.131. The van der Waals surface area contributed by atoms with Crippen LogP contribution in [0, 0.1) is 3.57 Å². The quantitative estimate of drug-likeness (QED) is 0.475. The molecule has 0 aliphatic rings. The first-order chi connectivity index (χ1) is 7.02. The fourth-order valence-corrected chi connectivity index (χ4v) is 1.67. The van der Waals surface area contributed by atoms with Crippen molar-refractivity contribution in [1.82, 2.24) is 0 Å². The van der Waals surface area contributed by atoms with Gasteiger partial charge in [0.05, 0.1) is 12.7 Å². The summed E-state index contributed by atoms with van der Waals surface area (Å²) in [6.45, 7) is 1.30. The predicted molar refractivity (Wildman–Crippen MR) is 61.8 cm³/mol. The molecule has 0 saturated carbocycles.